The van der Waals surface area contributed by atoms with Crippen LogP contribution in [0.3, 0.4) is 0 Å². The second kappa shape index (κ2) is 6.51. The van der Waals surface area contributed by atoms with Crippen molar-refractivity contribution in [2.24, 2.45) is 5.41 Å². The van der Waals surface area contributed by atoms with Gasteiger partial charge in [0.1, 0.15) is 5.75 Å². The summed E-state index contributed by atoms with van der Waals surface area (Å²) in [6, 6.07) is 7.41. The van der Waals surface area contributed by atoms with Gasteiger partial charge in [-0.1, -0.05) is 5.92 Å². The van der Waals surface area contributed by atoms with E-state index in [2.05, 4.69) is 5.92 Å². The minimum atomic E-state index is -1.12. The number of ketones is 1. The van der Waals surface area contributed by atoms with Crippen LogP contribution < -0.4 is 4.74 Å². The molecule has 4 heteroatoms. The molecule has 0 N–H and O–H groups in total. The van der Waals surface area contributed by atoms with E-state index in [-0.39, 0.29) is 12.2 Å². The van der Waals surface area contributed by atoms with E-state index < -0.39 is 11.2 Å². The number of methoxy groups -OCH3 is 1. The summed E-state index contributed by atoms with van der Waals surface area (Å²) in [5.41, 5.74) is -0.0997. The van der Waals surface area contributed by atoms with Crippen LogP contribution in [0.15, 0.2) is 24.3 Å². The van der Waals surface area contributed by atoms with Crippen LogP contribution >= 0.6 is 0 Å². The van der Waals surface area contributed by atoms with E-state index >= 15 is 0 Å². The van der Waals surface area contributed by atoms with Crippen LogP contribution in [0.25, 0.3) is 0 Å². The molecule has 0 radical (unpaired) electrons. The Morgan fingerprint density at radius 2 is 1.91 bits per heavy atom. The molecule has 1 aromatic carbocycles. The fourth-order valence-corrected chi connectivity index (χ4v) is 2.73. The van der Waals surface area contributed by atoms with E-state index in [1.807, 2.05) is 38.1 Å². The predicted molar refractivity (Wildman–Crippen MR) is 83.4 cm³/mol. The first-order chi connectivity index (χ1) is 10.5. The summed E-state index contributed by atoms with van der Waals surface area (Å²) >= 11 is 0. The van der Waals surface area contributed by atoms with Gasteiger partial charge in [-0.05, 0) is 44.5 Å². The van der Waals surface area contributed by atoms with Crippen molar-refractivity contribution in [2.75, 3.05) is 20.3 Å². The van der Waals surface area contributed by atoms with E-state index in [0.717, 1.165) is 17.7 Å². The minimum Gasteiger partial charge on any atom is -0.497 e. The molecule has 4 nitrogen and oxygen atoms in total. The van der Waals surface area contributed by atoms with Gasteiger partial charge in [0.15, 0.2) is 5.78 Å². The second-order valence-corrected chi connectivity index (χ2v) is 5.82. The molecule has 1 fully saturated rings. The average Bonchev–Trinajstić information content (AvgIpc) is 2.55. The molecule has 1 heterocycles. The number of carbonyl (C=O) groups excluding carboxylic acids is 1. The van der Waals surface area contributed by atoms with E-state index in [1.165, 1.54) is 0 Å². The SMILES string of the molecule is C#CCC(=O)C(C)(C)C1(c2ccc(OC)cc2)OCCCO1. The van der Waals surface area contributed by atoms with Gasteiger partial charge in [0, 0.05) is 5.56 Å². The van der Waals surface area contributed by atoms with Gasteiger partial charge in [0.2, 0.25) is 5.79 Å². The minimum absolute atomic E-state index is 0.0532. The molecule has 22 heavy (non-hydrogen) atoms. The van der Waals surface area contributed by atoms with Crippen LogP contribution in [0, 0.1) is 17.8 Å². The van der Waals surface area contributed by atoms with Crippen LogP contribution in [0.4, 0.5) is 0 Å². The highest BCUT2D eigenvalue weighted by Crippen LogP contribution is 2.47. The summed E-state index contributed by atoms with van der Waals surface area (Å²) in [5.74, 6) is 1.96. The van der Waals surface area contributed by atoms with Gasteiger partial charge in [-0.15, -0.1) is 6.42 Å². The van der Waals surface area contributed by atoms with Crippen LogP contribution in [-0.2, 0) is 20.1 Å². The number of hydrogen-bond donors (Lipinski definition) is 0. The Labute approximate surface area is 131 Å². The van der Waals surface area contributed by atoms with Crippen LogP contribution in [0.1, 0.15) is 32.3 Å². The van der Waals surface area contributed by atoms with Crippen molar-refractivity contribution in [3.63, 3.8) is 0 Å². The van der Waals surface area contributed by atoms with Gasteiger partial charge >= 0.3 is 0 Å². The maximum Gasteiger partial charge on any atom is 0.207 e. The van der Waals surface area contributed by atoms with Crippen molar-refractivity contribution in [3.8, 4) is 18.1 Å². The van der Waals surface area contributed by atoms with Gasteiger partial charge < -0.3 is 14.2 Å². The topological polar surface area (TPSA) is 44.8 Å². The van der Waals surface area contributed by atoms with Crippen molar-refractivity contribution >= 4 is 5.78 Å². The molecular weight excluding hydrogens is 280 g/mol. The first-order valence-electron chi connectivity index (χ1n) is 7.37. The third kappa shape index (κ3) is 2.75. The average molecular weight is 302 g/mol. The number of benzene rings is 1. The first kappa shape index (κ1) is 16.5. The highest BCUT2D eigenvalue weighted by atomic mass is 16.7. The van der Waals surface area contributed by atoms with Gasteiger partial charge in [-0.2, -0.15) is 0 Å². The Bertz CT molecular complexity index is 560. The molecule has 0 spiro atoms. The summed E-state index contributed by atoms with van der Waals surface area (Å²) in [6.07, 6.45) is 6.16. The molecule has 118 valence electrons. The molecule has 0 bridgehead atoms. The van der Waals surface area contributed by atoms with Crippen LogP contribution in [0.5, 0.6) is 5.75 Å². The Kier molecular flexibility index (Phi) is 4.90. The lowest BCUT2D eigenvalue weighted by atomic mass is 9.74. The highest BCUT2D eigenvalue weighted by Gasteiger charge is 2.54. The Hall–Kier alpha value is -1.83. The number of ether oxygens (including phenoxy) is 3. The second-order valence-electron chi connectivity index (χ2n) is 5.82. The Balaban J connectivity index is 2.47. The fourth-order valence-electron chi connectivity index (χ4n) is 2.73. The molecule has 1 aromatic rings. The van der Waals surface area contributed by atoms with Crippen molar-refractivity contribution in [1.82, 2.24) is 0 Å². The standard InChI is InChI=1S/C18H22O4/c1-5-7-16(19)17(2,3)18(21-12-6-13-22-18)14-8-10-15(20-4)11-9-14/h1,8-11H,6-7,12-13H2,2-4H3. The lowest BCUT2D eigenvalue weighted by Gasteiger charge is -2.47. The predicted octanol–water partition coefficient (Wildman–Crippen LogP) is 2.90. The first-order valence-corrected chi connectivity index (χ1v) is 7.37. The maximum atomic E-state index is 12.5. The quantitative estimate of drug-likeness (QED) is 0.785. The zero-order valence-electron chi connectivity index (χ0n) is 13.3. The molecule has 1 aliphatic rings. The molecule has 0 amide bonds. The maximum absolute atomic E-state index is 12.5. The van der Waals surface area contributed by atoms with Crippen LogP contribution in [0.2, 0.25) is 0 Å². The largest absolute Gasteiger partial charge is 0.497 e. The van der Waals surface area contributed by atoms with Crippen molar-refractivity contribution in [3.05, 3.63) is 29.8 Å². The molecule has 1 saturated heterocycles. The fraction of sp³-hybridized carbons (Fsp3) is 0.500. The zero-order chi connectivity index (χ0) is 16.2. The summed E-state index contributed by atoms with van der Waals surface area (Å²) in [4.78, 5) is 12.5. The van der Waals surface area contributed by atoms with Crippen LogP contribution in [-0.4, -0.2) is 26.1 Å². The van der Waals surface area contributed by atoms with E-state index in [9.17, 15) is 4.79 Å². The Morgan fingerprint density at radius 1 is 1.32 bits per heavy atom. The number of terminal acetylenes is 1. The molecule has 2 rings (SSSR count). The van der Waals surface area contributed by atoms with E-state index in [4.69, 9.17) is 20.6 Å². The zero-order valence-corrected chi connectivity index (χ0v) is 13.3. The molecule has 0 aromatic heterocycles. The summed E-state index contributed by atoms with van der Waals surface area (Å²) in [7, 11) is 1.61. The normalized spacial score (nSPS) is 17.5. The van der Waals surface area contributed by atoms with Gasteiger partial charge in [-0.3, -0.25) is 4.79 Å². The molecule has 0 unspecified atom stereocenters. The van der Waals surface area contributed by atoms with Crippen molar-refractivity contribution < 1.29 is 19.0 Å². The summed E-state index contributed by atoms with van der Waals surface area (Å²) < 4.78 is 17.2. The Morgan fingerprint density at radius 3 is 2.41 bits per heavy atom. The van der Waals surface area contributed by atoms with E-state index in [0.29, 0.717) is 13.2 Å². The van der Waals surface area contributed by atoms with Crippen molar-refractivity contribution in [2.45, 2.75) is 32.5 Å². The lowest BCUT2D eigenvalue weighted by Crippen LogP contribution is -2.53. The van der Waals surface area contributed by atoms with Gasteiger partial charge in [0.25, 0.3) is 0 Å². The number of rotatable bonds is 5. The van der Waals surface area contributed by atoms with Crippen molar-refractivity contribution in [1.29, 1.82) is 0 Å². The number of carbonyl (C=O) groups is 1. The summed E-state index contributed by atoms with van der Waals surface area (Å²) in [5, 5.41) is 0. The molecule has 0 saturated carbocycles. The molecule has 1 aliphatic heterocycles. The smallest absolute Gasteiger partial charge is 0.207 e. The molecular formula is C18H22O4. The van der Waals surface area contributed by atoms with Gasteiger partial charge in [0.05, 0.1) is 32.2 Å². The molecule has 0 aliphatic carbocycles. The molecule has 0 atom stereocenters. The third-order valence-corrected chi connectivity index (χ3v) is 4.15. The number of hydrogen-bond acceptors (Lipinski definition) is 4. The monoisotopic (exact) mass is 302 g/mol. The third-order valence-electron chi connectivity index (χ3n) is 4.15. The highest BCUT2D eigenvalue weighted by molar-refractivity contribution is 5.87. The van der Waals surface area contributed by atoms with Gasteiger partial charge in [-0.25, -0.2) is 0 Å². The lowest BCUT2D eigenvalue weighted by molar-refractivity contribution is -0.319. The number of Topliss-reactive ketones (excluding diaryl/α,β-unsaturated/α-hetero) is 1. The summed E-state index contributed by atoms with van der Waals surface area (Å²) in [6.45, 7) is 4.72. The van der Waals surface area contributed by atoms with E-state index in [1.54, 1.807) is 7.11 Å².